The van der Waals surface area contributed by atoms with Crippen LogP contribution in [0.25, 0.3) is 0 Å². The molecule has 0 radical (unpaired) electrons. The molecule has 0 saturated heterocycles. The molecule has 0 bridgehead atoms. The Morgan fingerprint density at radius 1 is 1.24 bits per heavy atom. The third kappa shape index (κ3) is 2.88. The summed E-state index contributed by atoms with van der Waals surface area (Å²) in [4.78, 5) is 8.32. The summed E-state index contributed by atoms with van der Waals surface area (Å²) in [6.45, 7) is 2.07. The fourth-order valence-corrected chi connectivity index (χ4v) is 1.89. The number of rotatable bonds is 4. The van der Waals surface area contributed by atoms with Crippen molar-refractivity contribution < 1.29 is 5.11 Å². The summed E-state index contributed by atoms with van der Waals surface area (Å²) in [5.74, 6) is 0. The molecule has 0 amide bonds. The van der Waals surface area contributed by atoms with Crippen LogP contribution in [0.2, 0.25) is 0 Å². The van der Waals surface area contributed by atoms with Gasteiger partial charge in [0, 0.05) is 25.0 Å². The number of aryl methyl sites for hydroxylation is 1. The molecular weight excluding hydrogens is 212 g/mol. The van der Waals surface area contributed by atoms with E-state index in [1.54, 1.807) is 18.6 Å². The molecule has 0 aromatic carbocycles. The second-order valence-corrected chi connectivity index (χ2v) is 3.98. The summed E-state index contributed by atoms with van der Waals surface area (Å²) in [6, 6.07) is 7.75. The van der Waals surface area contributed by atoms with E-state index in [1.165, 1.54) is 0 Å². The molecule has 0 aliphatic rings. The Kier molecular flexibility index (Phi) is 3.83. The number of aliphatic hydroxyl groups excluding tert-OH is 1. The van der Waals surface area contributed by atoms with E-state index in [-0.39, 0.29) is 0 Å². The van der Waals surface area contributed by atoms with Gasteiger partial charge in [0.1, 0.15) is 6.10 Å². The zero-order chi connectivity index (χ0) is 12.1. The molecule has 2 aromatic heterocycles. The van der Waals surface area contributed by atoms with Crippen LogP contribution >= 0.6 is 0 Å². The fourth-order valence-electron chi connectivity index (χ4n) is 1.89. The first kappa shape index (κ1) is 11.7. The van der Waals surface area contributed by atoms with E-state index in [0.717, 1.165) is 23.2 Å². The van der Waals surface area contributed by atoms with Crippen LogP contribution in [0.1, 0.15) is 29.8 Å². The monoisotopic (exact) mass is 228 g/mol. The molecule has 0 fully saturated rings. The molecule has 0 spiro atoms. The van der Waals surface area contributed by atoms with Gasteiger partial charge in [0.05, 0.1) is 5.69 Å². The quantitative estimate of drug-likeness (QED) is 0.873. The Balaban J connectivity index is 2.17. The van der Waals surface area contributed by atoms with E-state index in [0.29, 0.717) is 6.42 Å². The Morgan fingerprint density at radius 3 is 2.76 bits per heavy atom. The molecule has 1 atom stereocenters. The zero-order valence-corrected chi connectivity index (χ0v) is 9.87. The lowest BCUT2D eigenvalue weighted by molar-refractivity contribution is 0.172. The normalized spacial score (nSPS) is 12.4. The molecule has 0 saturated carbocycles. The van der Waals surface area contributed by atoms with Gasteiger partial charge >= 0.3 is 0 Å². The highest BCUT2D eigenvalue weighted by Crippen LogP contribution is 2.19. The van der Waals surface area contributed by atoms with Crippen LogP contribution in [0, 0.1) is 0 Å². The highest BCUT2D eigenvalue weighted by Gasteiger charge is 2.13. The smallest absolute Gasteiger partial charge is 0.100 e. The van der Waals surface area contributed by atoms with Crippen LogP contribution in [0.15, 0.2) is 42.9 Å². The summed E-state index contributed by atoms with van der Waals surface area (Å²) in [6.07, 6.45) is 6.10. The lowest BCUT2D eigenvalue weighted by Crippen LogP contribution is -2.07. The number of hydrogen-bond acceptors (Lipinski definition) is 3. The van der Waals surface area contributed by atoms with E-state index in [2.05, 4.69) is 16.9 Å². The van der Waals surface area contributed by atoms with Crippen LogP contribution in [-0.2, 0) is 12.8 Å². The van der Waals surface area contributed by atoms with Crippen molar-refractivity contribution in [3.8, 4) is 0 Å². The minimum atomic E-state index is -0.560. The van der Waals surface area contributed by atoms with Crippen LogP contribution in [0.5, 0.6) is 0 Å². The highest BCUT2D eigenvalue weighted by atomic mass is 16.3. The topological polar surface area (TPSA) is 46.0 Å². The third-order valence-corrected chi connectivity index (χ3v) is 2.77. The fraction of sp³-hybridized carbons (Fsp3) is 0.286. The molecule has 3 heteroatoms. The average molecular weight is 228 g/mol. The Hall–Kier alpha value is -1.74. The van der Waals surface area contributed by atoms with Gasteiger partial charge in [-0.05, 0) is 29.7 Å². The minimum Gasteiger partial charge on any atom is -0.386 e. The first-order chi connectivity index (χ1) is 8.31. The molecule has 0 aliphatic heterocycles. The summed E-state index contributed by atoms with van der Waals surface area (Å²) < 4.78 is 0. The molecule has 1 unspecified atom stereocenters. The number of aliphatic hydroxyl groups is 1. The lowest BCUT2D eigenvalue weighted by Gasteiger charge is -2.13. The van der Waals surface area contributed by atoms with Crippen molar-refractivity contribution in [2.24, 2.45) is 0 Å². The number of aromatic nitrogens is 2. The van der Waals surface area contributed by atoms with E-state index < -0.39 is 6.10 Å². The second-order valence-electron chi connectivity index (χ2n) is 3.98. The van der Waals surface area contributed by atoms with Crippen LogP contribution in [0.3, 0.4) is 0 Å². The average Bonchev–Trinajstić information content (AvgIpc) is 2.40. The highest BCUT2D eigenvalue weighted by molar-refractivity contribution is 5.23. The van der Waals surface area contributed by atoms with E-state index in [4.69, 9.17) is 0 Å². The number of hydrogen-bond donors (Lipinski definition) is 1. The van der Waals surface area contributed by atoms with Gasteiger partial charge in [-0.2, -0.15) is 0 Å². The molecule has 2 aromatic rings. The van der Waals surface area contributed by atoms with Gasteiger partial charge in [0.25, 0.3) is 0 Å². The SMILES string of the molecule is CCc1cccnc1C(O)Cc1cccnc1. The van der Waals surface area contributed by atoms with Gasteiger partial charge in [-0.3, -0.25) is 9.97 Å². The third-order valence-electron chi connectivity index (χ3n) is 2.77. The van der Waals surface area contributed by atoms with E-state index >= 15 is 0 Å². The summed E-state index contributed by atoms with van der Waals surface area (Å²) in [5, 5.41) is 10.2. The van der Waals surface area contributed by atoms with Crippen molar-refractivity contribution in [3.05, 3.63) is 59.7 Å². The zero-order valence-electron chi connectivity index (χ0n) is 9.87. The van der Waals surface area contributed by atoms with Gasteiger partial charge in [-0.1, -0.05) is 19.1 Å². The van der Waals surface area contributed by atoms with Crippen molar-refractivity contribution in [2.45, 2.75) is 25.9 Å². The number of pyridine rings is 2. The molecule has 17 heavy (non-hydrogen) atoms. The predicted molar refractivity (Wildman–Crippen MR) is 66.5 cm³/mol. The van der Waals surface area contributed by atoms with E-state index in [9.17, 15) is 5.11 Å². The van der Waals surface area contributed by atoms with Gasteiger partial charge in [-0.25, -0.2) is 0 Å². The molecule has 3 nitrogen and oxygen atoms in total. The summed E-state index contributed by atoms with van der Waals surface area (Å²) in [5.41, 5.74) is 2.90. The maximum absolute atomic E-state index is 10.2. The molecular formula is C14H16N2O. The maximum Gasteiger partial charge on any atom is 0.100 e. The van der Waals surface area contributed by atoms with Crippen molar-refractivity contribution >= 4 is 0 Å². The lowest BCUT2D eigenvalue weighted by atomic mass is 10.0. The molecule has 2 heterocycles. The van der Waals surface area contributed by atoms with Crippen molar-refractivity contribution in [1.82, 2.24) is 9.97 Å². The molecule has 0 aliphatic carbocycles. The van der Waals surface area contributed by atoms with Crippen molar-refractivity contribution in [3.63, 3.8) is 0 Å². The van der Waals surface area contributed by atoms with Gasteiger partial charge in [-0.15, -0.1) is 0 Å². The predicted octanol–water partition coefficient (Wildman–Crippen LogP) is 2.32. The largest absolute Gasteiger partial charge is 0.386 e. The maximum atomic E-state index is 10.2. The van der Waals surface area contributed by atoms with Crippen molar-refractivity contribution in [1.29, 1.82) is 0 Å². The Morgan fingerprint density at radius 2 is 2.06 bits per heavy atom. The van der Waals surface area contributed by atoms with Gasteiger partial charge < -0.3 is 5.11 Å². The first-order valence-electron chi connectivity index (χ1n) is 5.82. The van der Waals surface area contributed by atoms with Gasteiger partial charge in [0.15, 0.2) is 0 Å². The Labute approximate surface area is 101 Å². The van der Waals surface area contributed by atoms with Crippen LogP contribution in [0.4, 0.5) is 0 Å². The standard InChI is InChI=1S/C14H16N2O/c1-2-12-6-4-8-16-14(12)13(17)9-11-5-3-7-15-10-11/h3-8,10,13,17H,2,9H2,1H3. The van der Waals surface area contributed by atoms with Crippen LogP contribution < -0.4 is 0 Å². The molecule has 88 valence electrons. The summed E-state index contributed by atoms with van der Waals surface area (Å²) >= 11 is 0. The van der Waals surface area contributed by atoms with Crippen LogP contribution in [-0.4, -0.2) is 15.1 Å². The van der Waals surface area contributed by atoms with Gasteiger partial charge in [0.2, 0.25) is 0 Å². The number of nitrogens with zero attached hydrogens (tertiary/aromatic N) is 2. The second kappa shape index (κ2) is 5.55. The summed E-state index contributed by atoms with van der Waals surface area (Å²) in [7, 11) is 0. The first-order valence-corrected chi connectivity index (χ1v) is 5.82. The minimum absolute atomic E-state index is 0.553. The molecule has 1 N–H and O–H groups in total. The molecule has 2 rings (SSSR count). The van der Waals surface area contributed by atoms with E-state index in [1.807, 2.05) is 24.3 Å². The van der Waals surface area contributed by atoms with Crippen molar-refractivity contribution in [2.75, 3.05) is 0 Å². The Bertz CT molecular complexity index is 471.